The maximum Gasteiger partial charge on any atom is 0.253 e. The Morgan fingerprint density at radius 2 is 2.05 bits per heavy atom. The molecular formula is C18H27NO2. The van der Waals surface area contributed by atoms with E-state index in [4.69, 9.17) is 4.74 Å². The number of piperidine rings is 1. The molecule has 0 bridgehead atoms. The average molecular weight is 289 g/mol. The predicted octanol–water partition coefficient (Wildman–Crippen LogP) is 3.70. The molecule has 1 heterocycles. The second-order valence-corrected chi connectivity index (χ2v) is 6.20. The Kier molecular flexibility index (Phi) is 5.80. The van der Waals surface area contributed by atoms with Crippen molar-refractivity contribution < 1.29 is 9.53 Å². The Labute approximate surface area is 128 Å². The van der Waals surface area contributed by atoms with Crippen LogP contribution in [0.3, 0.4) is 0 Å². The van der Waals surface area contributed by atoms with Crippen molar-refractivity contribution in [3.8, 4) is 0 Å². The maximum atomic E-state index is 12.6. The molecule has 1 aliphatic heterocycles. The molecule has 1 saturated heterocycles. The SMILES string of the molecule is CCOCC1CCCN(C(=O)c2ccc(C(C)C)cc2)C1. The highest BCUT2D eigenvalue weighted by Crippen LogP contribution is 2.20. The van der Waals surface area contributed by atoms with Crippen LogP contribution < -0.4 is 0 Å². The van der Waals surface area contributed by atoms with Crippen molar-refractivity contribution in [1.82, 2.24) is 4.90 Å². The van der Waals surface area contributed by atoms with E-state index in [0.29, 0.717) is 11.8 Å². The number of likely N-dealkylation sites (tertiary alicyclic amines) is 1. The Hall–Kier alpha value is -1.35. The van der Waals surface area contributed by atoms with Crippen molar-refractivity contribution in [1.29, 1.82) is 0 Å². The van der Waals surface area contributed by atoms with Crippen LogP contribution >= 0.6 is 0 Å². The first-order chi connectivity index (χ1) is 10.1. The molecule has 1 atom stereocenters. The molecule has 0 aromatic heterocycles. The first kappa shape index (κ1) is 16.0. The first-order valence-corrected chi connectivity index (χ1v) is 8.08. The van der Waals surface area contributed by atoms with Crippen LogP contribution in [0.15, 0.2) is 24.3 Å². The van der Waals surface area contributed by atoms with E-state index in [2.05, 4.69) is 26.0 Å². The van der Waals surface area contributed by atoms with Crippen LogP contribution in [-0.2, 0) is 4.74 Å². The van der Waals surface area contributed by atoms with E-state index in [1.165, 1.54) is 5.56 Å². The summed E-state index contributed by atoms with van der Waals surface area (Å²) in [4.78, 5) is 14.6. The zero-order valence-electron chi connectivity index (χ0n) is 13.5. The van der Waals surface area contributed by atoms with Gasteiger partial charge in [0.1, 0.15) is 0 Å². The summed E-state index contributed by atoms with van der Waals surface area (Å²) in [5.41, 5.74) is 2.08. The fourth-order valence-corrected chi connectivity index (χ4v) is 2.86. The van der Waals surface area contributed by atoms with E-state index in [-0.39, 0.29) is 5.91 Å². The zero-order valence-corrected chi connectivity index (χ0v) is 13.5. The summed E-state index contributed by atoms with van der Waals surface area (Å²) in [6.45, 7) is 9.56. The molecule has 0 saturated carbocycles. The molecule has 0 radical (unpaired) electrons. The van der Waals surface area contributed by atoms with E-state index in [1.807, 2.05) is 24.0 Å². The molecule has 1 aromatic rings. The molecule has 1 unspecified atom stereocenters. The van der Waals surface area contributed by atoms with E-state index >= 15 is 0 Å². The summed E-state index contributed by atoms with van der Waals surface area (Å²) in [6.07, 6.45) is 2.24. The summed E-state index contributed by atoms with van der Waals surface area (Å²) in [5, 5.41) is 0. The number of carbonyl (C=O) groups excluding carboxylic acids is 1. The van der Waals surface area contributed by atoms with Gasteiger partial charge < -0.3 is 9.64 Å². The van der Waals surface area contributed by atoms with Crippen molar-refractivity contribution in [3.63, 3.8) is 0 Å². The Morgan fingerprint density at radius 1 is 1.33 bits per heavy atom. The van der Waals surface area contributed by atoms with Crippen LogP contribution in [0.1, 0.15) is 55.5 Å². The van der Waals surface area contributed by atoms with Crippen molar-refractivity contribution in [3.05, 3.63) is 35.4 Å². The van der Waals surface area contributed by atoms with E-state index < -0.39 is 0 Å². The van der Waals surface area contributed by atoms with E-state index in [1.54, 1.807) is 0 Å². The van der Waals surface area contributed by atoms with Crippen LogP contribution in [0.25, 0.3) is 0 Å². The molecule has 0 spiro atoms. The van der Waals surface area contributed by atoms with Gasteiger partial charge in [0, 0.05) is 25.3 Å². The first-order valence-electron chi connectivity index (χ1n) is 8.08. The van der Waals surface area contributed by atoms with Crippen LogP contribution in [0.5, 0.6) is 0 Å². The van der Waals surface area contributed by atoms with E-state index in [0.717, 1.165) is 44.7 Å². The number of benzene rings is 1. The molecule has 3 nitrogen and oxygen atoms in total. The van der Waals surface area contributed by atoms with Crippen molar-refractivity contribution >= 4 is 5.91 Å². The number of rotatable bonds is 5. The average Bonchev–Trinajstić information content (AvgIpc) is 2.52. The van der Waals surface area contributed by atoms with Gasteiger partial charge in [0.2, 0.25) is 0 Å². The summed E-state index contributed by atoms with van der Waals surface area (Å²) in [6, 6.07) is 8.06. The highest BCUT2D eigenvalue weighted by molar-refractivity contribution is 5.94. The van der Waals surface area contributed by atoms with Crippen LogP contribution in [0.2, 0.25) is 0 Å². The molecule has 3 heteroatoms. The van der Waals surface area contributed by atoms with Gasteiger partial charge in [-0.15, -0.1) is 0 Å². The molecule has 1 amide bonds. The van der Waals surface area contributed by atoms with Gasteiger partial charge in [0.25, 0.3) is 5.91 Å². The number of hydrogen-bond acceptors (Lipinski definition) is 2. The second kappa shape index (κ2) is 7.60. The number of ether oxygens (including phenoxy) is 1. The minimum Gasteiger partial charge on any atom is -0.381 e. The lowest BCUT2D eigenvalue weighted by molar-refractivity contribution is 0.0501. The maximum absolute atomic E-state index is 12.6. The van der Waals surface area contributed by atoms with Crippen molar-refractivity contribution in [2.45, 2.75) is 39.5 Å². The lowest BCUT2D eigenvalue weighted by atomic mass is 9.97. The Balaban J connectivity index is 1.98. The van der Waals surface area contributed by atoms with Crippen LogP contribution in [0, 0.1) is 5.92 Å². The van der Waals surface area contributed by atoms with E-state index in [9.17, 15) is 4.79 Å². The highest BCUT2D eigenvalue weighted by atomic mass is 16.5. The minimum atomic E-state index is 0.159. The summed E-state index contributed by atoms with van der Waals surface area (Å²) in [5.74, 6) is 1.14. The Morgan fingerprint density at radius 3 is 2.67 bits per heavy atom. The number of hydrogen-bond donors (Lipinski definition) is 0. The Bertz CT molecular complexity index is 453. The smallest absolute Gasteiger partial charge is 0.253 e. The molecule has 1 aromatic carbocycles. The zero-order chi connectivity index (χ0) is 15.2. The standard InChI is InChI=1S/C18H27NO2/c1-4-21-13-15-6-5-11-19(12-15)18(20)17-9-7-16(8-10-17)14(2)3/h7-10,14-15H,4-6,11-13H2,1-3H3. The lowest BCUT2D eigenvalue weighted by Gasteiger charge is -2.32. The quantitative estimate of drug-likeness (QED) is 0.827. The van der Waals surface area contributed by atoms with Gasteiger partial charge in [-0.25, -0.2) is 0 Å². The molecular weight excluding hydrogens is 262 g/mol. The van der Waals surface area contributed by atoms with Gasteiger partial charge in [-0.3, -0.25) is 4.79 Å². The number of nitrogens with zero attached hydrogens (tertiary/aromatic N) is 1. The van der Waals surface area contributed by atoms with Crippen LogP contribution in [-0.4, -0.2) is 37.1 Å². The number of carbonyl (C=O) groups is 1. The largest absolute Gasteiger partial charge is 0.381 e. The normalized spacial score (nSPS) is 19.0. The molecule has 1 fully saturated rings. The third kappa shape index (κ3) is 4.31. The van der Waals surface area contributed by atoms with Gasteiger partial charge in [-0.2, -0.15) is 0 Å². The third-order valence-corrected chi connectivity index (χ3v) is 4.19. The van der Waals surface area contributed by atoms with Gasteiger partial charge in [-0.05, 0) is 49.3 Å². The summed E-state index contributed by atoms with van der Waals surface area (Å²) in [7, 11) is 0. The summed E-state index contributed by atoms with van der Waals surface area (Å²) >= 11 is 0. The molecule has 0 aliphatic carbocycles. The van der Waals surface area contributed by atoms with Crippen molar-refractivity contribution in [2.75, 3.05) is 26.3 Å². The molecule has 2 rings (SSSR count). The van der Waals surface area contributed by atoms with Gasteiger partial charge in [-0.1, -0.05) is 26.0 Å². The van der Waals surface area contributed by atoms with Crippen molar-refractivity contribution in [2.24, 2.45) is 5.92 Å². The van der Waals surface area contributed by atoms with Gasteiger partial charge in [0.15, 0.2) is 0 Å². The predicted molar refractivity (Wildman–Crippen MR) is 85.7 cm³/mol. The fourth-order valence-electron chi connectivity index (χ4n) is 2.86. The molecule has 0 N–H and O–H groups in total. The fraction of sp³-hybridized carbons (Fsp3) is 0.611. The van der Waals surface area contributed by atoms with Crippen LogP contribution in [0.4, 0.5) is 0 Å². The molecule has 1 aliphatic rings. The highest BCUT2D eigenvalue weighted by Gasteiger charge is 2.24. The minimum absolute atomic E-state index is 0.159. The van der Waals surface area contributed by atoms with Gasteiger partial charge in [0.05, 0.1) is 6.61 Å². The molecule has 21 heavy (non-hydrogen) atoms. The summed E-state index contributed by atoms with van der Waals surface area (Å²) < 4.78 is 5.51. The second-order valence-electron chi connectivity index (χ2n) is 6.20. The molecule has 116 valence electrons. The monoisotopic (exact) mass is 289 g/mol. The topological polar surface area (TPSA) is 29.5 Å². The lowest BCUT2D eigenvalue weighted by Crippen LogP contribution is -2.41. The third-order valence-electron chi connectivity index (χ3n) is 4.19. The number of amides is 1. The van der Waals surface area contributed by atoms with Gasteiger partial charge >= 0.3 is 0 Å².